The third kappa shape index (κ3) is 3.22. The number of aromatic amines is 1. The summed E-state index contributed by atoms with van der Waals surface area (Å²) in [6, 6.07) is 9.68. The number of halogens is 3. The maximum absolute atomic E-state index is 12.6. The van der Waals surface area contributed by atoms with Gasteiger partial charge in [-0.3, -0.25) is 4.79 Å². The van der Waals surface area contributed by atoms with Crippen LogP contribution >= 0.6 is 0 Å². The number of carbonyl (C=O) groups excluding carboxylic acids is 1. The molecular formula is C16H13F3N4O. The number of amides is 1. The molecule has 0 fully saturated rings. The summed E-state index contributed by atoms with van der Waals surface area (Å²) < 4.78 is 37.7. The second-order valence-electron chi connectivity index (χ2n) is 5.38. The summed E-state index contributed by atoms with van der Waals surface area (Å²) in [5.41, 5.74) is 1.56. The number of hydrogen-bond donors (Lipinski definition) is 1. The van der Waals surface area contributed by atoms with E-state index in [2.05, 4.69) is 15.4 Å². The van der Waals surface area contributed by atoms with Crippen molar-refractivity contribution < 1.29 is 18.0 Å². The van der Waals surface area contributed by atoms with Gasteiger partial charge in [-0.05, 0) is 35.9 Å². The normalized spacial score (nSPS) is 11.7. The van der Waals surface area contributed by atoms with Crippen molar-refractivity contribution in [2.45, 2.75) is 12.7 Å². The fraction of sp³-hybridized carbons (Fsp3) is 0.188. The van der Waals surface area contributed by atoms with Gasteiger partial charge in [0.05, 0.1) is 5.56 Å². The third-order valence-corrected chi connectivity index (χ3v) is 3.61. The number of aromatic nitrogens is 3. The summed E-state index contributed by atoms with van der Waals surface area (Å²) in [5, 5.41) is 10.3. The fourth-order valence-corrected chi connectivity index (χ4v) is 2.34. The first kappa shape index (κ1) is 16.0. The molecule has 1 heterocycles. The summed E-state index contributed by atoms with van der Waals surface area (Å²) in [7, 11) is 1.59. The average Bonchev–Trinajstić information content (AvgIpc) is 3.01. The molecule has 5 nitrogen and oxygen atoms in total. The Morgan fingerprint density at radius 1 is 1.08 bits per heavy atom. The van der Waals surface area contributed by atoms with Crippen LogP contribution in [0.4, 0.5) is 13.2 Å². The van der Waals surface area contributed by atoms with E-state index in [1.807, 2.05) is 0 Å². The highest BCUT2D eigenvalue weighted by Crippen LogP contribution is 2.29. The van der Waals surface area contributed by atoms with Crippen LogP contribution in [0.3, 0.4) is 0 Å². The number of hydrogen-bond acceptors (Lipinski definition) is 3. The monoisotopic (exact) mass is 334 g/mol. The Bertz CT molecular complexity index is 871. The Balaban J connectivity index is 1.73. The SMILES string of the molecule is CN(Cc1ccc(C(F)(F)F)cc1)C(=O)c1ccc2n[nH]nc2c1. The number of nitrogens with zero attached hydrogens (tertiary/aromatic N) is 3. The van der Waals surface area contributed by atoms with Crippen molar-refractivity contribution in [1.82, 2.24) is 20.3 Å². The van der Waals surface area contributed by atoms with Crippen LogP contribution in [-0.4, -0.2) is 33.3 Å². The summed E-state index contributed by atoms with van der Waals surface area (Å²) >= 11 is 0. The van der Waals surface area contributed by atoms with E-state index in [1.54, 1.807) is 25.2 Å². The molecule has 3 rings (SSSR count). The Hall–Kier alpha value is -2.90. The highest BCUT2D eigenvalue weighted by atomic mass is 19.4. The van der Waals surface area contributed by atoms with Crippen LogP contribution in [0.25, 0.3) is 11.0 Å². The maximum Gasteiger partial charge on any atom is 0.416 e. The van der Waals surface area contributed by atoms with E-state index in [0.29, 0.717) is 22.2 Å². The number of nitrogens with one attached hydrogen (secondary N) is 1. The van der Waals surface area contributed by atoms with Gasteiger partial charge in [-0.25, -0.2) is 0 Å². The van der Waals surface area contributed by atoms with Gasteiger partial charge in [0.2, 0.25) is 0 Å². The number of H-pyrrole nitrogens is 1. The molecule has 1 aromatic heterocycles. The highest BCUT2D eigenvalue weighted by molar-refractivity contribution is 5.97. The molecule has 0 spiro atoms. The van der Waals surface area contributed by atoms with E-state index >= 15 is 0 Å². The van der Waals surface area contributed by atoms with E-state index < -0.39 is 11.7 Å². The summed E-state index contributed by atoms with van der Waals surface area (Å²) in [5.74, 6) is -0.250. The molecule has 0 atom stereocenters. The molecule has 0 saturated heterocycles. The van der Waals surface area contributed by atoms with E-state index in [4.69, 9.17) is 0 Å². The standard InChI is InChI=1S/C16H13F3N4O/c1-23(9-10-2-5-12(6-3-10)16(17,18)19)15(24)11-4-7-13-14(8-11)21-22-20-13/h2-8H,9H2,1H3,(H,20,21,22). The summed E-state index contributed by atoms with van der Waals surface area (Å²) in [4.78, 5) is 13.9. The van der Waals surface area contributed by atoms with Gasteiger partial charge < -0.3 is 4.90 Å². The van der Waals surface area contributed by atoms with Gasteiger partial charge in [0, 0.05) is 19.2 Å². The first-order chi connectivity index (χ1) is 11.3. The van der Waals surface area contributed by atoms with Crippen molar-refractivity contribution >= 4 is 16.9 Å². The van der Waals surface area contributed by atoms with E-state index in [1.165, 1.54) is 17.0 Å². The quantitative estimate of drug-likeness (QED) is 0.800. The summed E-state index contributed by atoms with van der Waals surface area (Å²) in [6.07, 6.45) is -4.37. The van der Waals surface area contributed by atoms with Gasteiger partial charge in [-0.2, -0.15) is 28.6 Å². The largest absolute Gasteiger partial charge is 0.416 e. The second kappa shape index (κ2) is 5.95. The fourth-order valence-electron chi connectivity index (χ4n) is 2.34. The van der Waals surface area contributed by atoms with E-state index in [-0.39, 0.29) is 12.5 Å². The van der Waals surface area contributed by atoms with Gasteiger partial charge in [0.1, 0.15) is 11.0 Å². The van der Waals surface area contributed by atoms with Crippen molar-refractivity contribution in [3.05, 3.63) is 59.2 Å². The van der Waals surface area contributed by atoms with Gasteiger partial charge in [0.15, 0.2) is 0 Å². The Morgan fingerprint density at radius 2 is 1.75 bits per heavy atom. The summed E-state index contributed by atoms with van der Waals surface area (Å²) in [6.45, 7) is 0.202. The average molecular weight is 334 g/mol. The molecule has 124 valence electrons. The molecule has 0 aliphatic heterocycles. The molecular weight excluding hydrogens is 321 g/mol. The van der Waals surface area contributed by atoms with Crippen LogP contribution in [0.1, 0.15) is 21.5 Å². The molecule has 0 saturated carbocycles. The minimum absolute atomic E-state index is 0.202. The molecule has 0 bridgehead atoms. The predicted octanol–water partition coefficient (Wildman–Crippen LogP) is 3.25. The molecule has 24 heavy (non-hydrogen) atoms. The molecule has 0 unspecified atom stereocenters. The first-order valence-electron chi connectivity index (χ1n) is 7.07. The van der Waals surface area contributed by atoms with E-state index in [9.17, 15) is 18.0 Å². The van der Waals surface area contributed by atoms with Gasteiger partial charge in [-0.1, -0.05) is 12.1 Å². The third-order valence-electron chi connectivity index (χ3n) is 3.61. The van der Waals surface area contributed by atoms with Crippen LogP contribution < -0.4 is 0 Å². The smallest absolute Gasteiger partial charge is 0.337 e. The Kier molecular flexibility index (Phi) is 3.96. The first-order valence-corrected chi connectivity index (χ1v) is 7.07. The number of fused-ring (bicyclic) bond motifs is 1. The lowest BCUT2D eigenvalue weighted by molar-refractivity contribution is -0.137. The number of rotatable bonds is 3. The van der Waals surface area contributed by atoms with Crippen molar-refractivity contribution in [1.29, 1.82) is 0 Å². The Labute approximate surface area is 135 Å². The minimum atomic E-state index is -4.37. The molecule has 3 aromatic rings. The van der Waals surface area contributed by atoms with Crippen LogP contribution in [0, 0.1) is 0 Å². The number of alkyl halides is 3. The van der Waals surface area contributed by atoms with Crippen molar-refractivity contribution in [3.8, 4) is 0 Å². The molecule has 0 radical (unpaired) electrons. The van der Waals surface area contributed by atoms with Gasteiger partial charge in [-0.15, -0.1) is 0 Å². The zero-order valence-corrected chi connectivity index (χ0v) is 12.6. The second-order valence-corrected chi connectivity index (χ2v) is 5.38. The topological polar surface area (TPSA) is 61.9 Å². The van der Waals surface area contributed by atoms with Gasteiger partial charge in [0.25, 0.3) is 5.91 Å². The van der Waals surface area contributed by atoms with Crippen molar-refractivity contribution in [2.24, 2.45) is 0 Å². The number of benzene rings is 2. The minimum Gasteiger partial charge on any atom is -0.337 e. The van der Waals surface area contributed by atoms with Crippen molar-refractivity contribution in [2.75, 3.05) is 7.05 Å². The molecule has 2 aromatic carbocycles. The number of carbonyl (C=O) groups is 1. The Morgan fingerprint density at radius 3 is 2.42 bits per heavy atom. The van der Waals surface area contributed by atoms with Crippen molar-refractivity contribution in [3.63, 3.8) is 0 Å². The zero-order chi connectivity index (χ0) is 17.3. The van der Waals surface area contributed by atoms with Crippen LogP contribution in [0.2, 0.25) is 0 Å². The molecule has 1 amide bonds. The van der Waals surface area contributed by atoms with Crippen LogP contribution in [-0.2, 0) is 12.7 Å². The maximum atomic E-state index is 12.6. The molecule has 0 aliphatic rings. The van der Waals surface area contributed by atoms with Crippen LogP contribution in [0.5, 0.6) is 0 Å². The lowest BCUT2D eigenvalue weighted by Gasteiger charge is -2.17. The lowest BCUT2D eigenvalue weighted by atomic mass is 10.1. The molecule has 0 aliphatic carbocycles. The van der Waals surface area contributed by atoms with Crippen LogP contribution in [0.15, 0.2) is 42.5 Å². The van der Waals surface area contributed by atoms with Gasteiger partial charge >= 0.3 is 6.18 Å². The highest BCUT2D eigenvalue weighted by Gasteiger charge is 2.30. The lowest BCUT2D eigenvalue weighted by Crippen LogP contribution is -2.26. The molecule has 8 heteroatoms. The predicted molar refractivity (Wildman–Crippen MR) is 81.1 cm³/mol. The molecule has 1 N–H and O–H groups in total. The van der Waals surface area contributed by atoms with E-state index in [0.717, 1.165) is 12.1 Å². The zero-order valence-electron chi connectivity index (χ0n) is 12.6.